The van der Waals surface area contributed by atoms with E-state index in [2.05, 4.69) is 0 Å². The standard InChI is InChI=1S/C22H42N4O12/c23-2-1-9(28)10(29)4-7-3-8(25)19(37-21-13(26)17(33)16(32)12(6-27)36-21)20(14(7)30)38-22-18(34)15(31)11(5-24)35-22/h7-9,11-22,27-28,30-34H,1-6,23-26H2/t7-,8?,9-,11+,12?,13?,14?,15-,16+,17+,18?,19+,20+,21+,22-/m0/s1. The number of ether oxygens (including phenoxy) is 4. The Morgan fingerprint density at radius 3 is 2.05 bits per heavy atom. The number of ketones is 1. The first-order valence-electron chi connectivity index (χ1n) is 12.7. The Hall–Kier alpha value is -0.930. The molecule has 38 heavy (non-hydrogen) atoms. The van der Waals surface area contributed by atoms with Crippen LogP contribution in [0.3, 0.4) is 0 Å². The predicted molar refractivity (Wildman–Crippen MR) is 127 cm³/mol. The summed E-state index contributed by atoms with van der Waals surface area (Å²) in [4.78, 5) is 12.5. The average Bonchev–Trinajstić information content (AvgIpc) is 3.16. The van der Waals surface area contributed by atoms with E-state index in [9.17, 15) is 40.5 Å². The lowest BCUT2D eigenvalue weighted by atomic mass is 9.76. The van der Waals surface area contributed by atoms with Crippen LogP contribution < -0.4 is 22.9 Å². The second-order valence-electron chi connectivity index (χ2n) is 10.2. The van der Waals surface area contributed by atoms with Gasteiger partial charge in [0.15, 0.2) is 18.4 Å². The second kappa shape index (κ2) is 13.6. The van der Waals surface area contributed by atoms with Crippen LogP contribution in [0, 0.1) is 5.92 Å². The van der Waals surface area contributed by atoms with E-state index < -0.39 is 104 Å². The molecule has 0 amide bonds. The third-order valence-electron chi connectivity index (χ3n) is 7.48. The number of Topliss-reactive ketones (excluding diaryl/α,β-unsaturated/α-hetero) is 1. The third kappa shape index (κ3) is 6.68. The quantitative estimate of drug-likeness (QED) is 0.113. The molecule has 15 atom stereocenters. The van der Waals surface area contributed by atoms with Gasteiger partial charge < -0.3 is 77.6 Å². The molecule has 2 heterocycles. The van der Waals surface area contributed by atoms with Crippen molar-refractivity contribution >= 4 is 5.78 Å². The molecule has 15 N–H and O–H groups in total. The van der Waals surface area contributed by atoms with Gasteiger partial charge >= 0.3 is 0 Å². The van der Waals surface area contributed by atoms with Gasteiger partial charge in [-0.1, -0.05) is 0 Å². The molecule has 5 unspecified atom stereocenters. The molecule has 0 aromatic heterocycles. The van der Waals surface area contributed by atoms with E-state index in [-0.39, 0.29) is 32.4 Å². The van der Waals surface area contributed by atoms with E-state index in [1.807, 2.05) is 0 Å². The van der Waals surface area contributed by atoms with E-state index >= 15 is 0 Å². The summed E-state index contributed by atoms with van der Waals surface area (Å²) in [5.41, 5.74) is 23.3. The average molecular weight is 555 g/mol. The summed E-state index contributed by atoms with van der Waals surface area (Å²) >= 11 is 0. The molecule has 0 aromatic rings. The zero-order chi connectivity index (χ0) is 28.3. The van der Waals surface area contributed by atoms with E-state index in [1.54, 1.807) is 0 Å². The minimum atomic E-state index is -1.54. The number of carbonyl (C=O) groups is 1. The lowest BCUT2D eigenvalue weighted by molar-refractivity contribution is -0.312. The number of hydrogen-bond acceptors (Lipinski definition) is 16. The first-order valence-corrected chi connectivity index (χ1v) is 12.7. The molecule has 0 bridgehead atoms. The molecule has 16 nitrogen and oxygen atoms in total. The molecule has 0 spiro atoms. The van der Waals surface area contributed by atoms with Crippen LogP contribution in [0.5, 0.6) is 0 Å². The van der Waals surface area contributed by atoms with Crippen LogP contribution in [0.15, 0.2) is 0 Å². The molecule has 0 radical (unpaired) electrons. The minimum absolute atomic E-state index is 0.0332. The van der Waals surface area contributed by atoms with Gasteiger partial charge in [-0.3, -0.25) is 4.79 Å². The molecule has 16 heteroatoms. The smallest absolute Gasteiger partial charge is 0.187 e. The van der Waals surface area contributed by atoms with Crippen molar-refractivity contribution in [2.24, 2.45) is 28.9 Å². The van der Waals surface area contributed by atoms with Gasteiger partial charge in [0.25, 0.3) is 0 Å². The maximum absolute atomic E-state index is 12.5. The van der Waals surface area contributed by atoms with E-state index in [0.29, 0.717) is 0 Å². The van der Waals surface area contributed by atoms with Crippen molar-refractivity contribution in [3.05, 3.63) is 0 Å². The number of aliphatic hydroxyl groups is 7. The molecule has 1 saturated carbocycles. The van der Waals surface area contributed by atoms with Crippen molar-refractivity contribution < 1.29 is 59.5 Å². The van der Waals surface area contributed by atoms with E-state index in [0.717, 1.165) is 0 Å². The second-order valence-corrected chi connectivity index (χ2v) is 10.2. The summed E-state index contributed by atoms with van der Waals surface area (Å²) in [6, 6.07) is -2.20. The van der Waals surface area contributed by atoms with Crippen molar-refractivity contribution in [3.8, 4) is 0 Å². The first kappa shape index (κ1) is 31.6. The third-order valence-corrected chi connectivity index (χ3v) is 7.48. The Morgan fingerprint density at radius 1 is 0.868 bits per heavy atom. The Kier molecular flexibility index (Phi) is 11.3. The Balaban J connectivity index is 1.84. The fourth-order valence-corrected chi connectivity index (χ4v) is 5.14. The Bertz CT molecular complexity index is 768. The maximum atomic E-state index is 12.5. The fraction of sp³-hybridized carbons (Fsp3) is 0.955. The van der Waals surface area contributed by atoms with E-state index in [1.165, 1.54) is 0 Å². The molecule has 3 fully saturated rings. The zero-order valence-corrected chi connectivity index (χ0v) is 20.9. The largest absolute Gasteiger partial charge is 0.394 e. The SMILES string of the molecule is NCC[C@H](O)C(=O)C[C@@H]1CC(N)[C@@H](O[C@H]2OC(CO)[C@@H](O)[C@H](O)C2N)[C@H](O[C@@H]2O[C@H](CN)[C@H](O)C2O)C1O. The summed E-state index contributed by atoms with van der Waals surface area (Å²) in [5.74, 6) is -1.36. The van der Waals surface area contributed by atoms with Crippen LogP contribution in [-0.2, 0) is 23.7 Å². The van der Waals surface area contributed by atoms with Crippen LogP contribution in [0.1, 0.15) is 19.3 Å². The molecule has 3 aliphatic rings. The highest BCUT2D eigenvalue weighted by Crippen LogP contribution is 2.36. The number of carbonyl (C=O) groups excluding carboxylic acids is 1. The summed E-state index contributed by atoms with van der Waals surface area (Å²) < 4.78 is 22.8. The topological polar surface area (TPSA) is 300 Å². The van der Waals surface area contributed by atoms with Gasteiger partial charge in [0, 0.05) is 19.0 Å². The van der Waals surface area contributed by atoms with Crippen molar-refractivity contribution in [1.82, 2.24) is 0 Å². The van der Waals surface area contributed by atoms with E-state index in [4.69, 9.17) is 41.9 Å². The van der Waals surface area contributed by atoms with Crippen molar-refractivity contribution in [2.45, 2.75) is 105 Å². The monoisotopic (exact) mass is 554 g/mol. The van der Waals surface area contributed by atoms with Gasteiger partial charge in [-0.25, -0.2) is 0 Å². The zero-order valence-electron chi connectivity index (χ0n) is 20.9. The first-order chi connectivity index (χ1) is 17.9. The van der Waals surface area contributed by atoms with Gasteiger partial charge in [0.1, 0.15) is 54.9 Å². The van der Waals surface area contributed by atoms with Crippen LogP contribution in [0.4, 0.5) is 0 Å². The maximum Gasteiger partial charge on any atom is 0.187 e. The lowest BCUT2D eigenvalue weighted by Crippen LogP contribution is -2.66. The van der Waals surface area contributed by atoms with Crippen molar-refractivity contribution in [2.75, 3.05) is 19.7 Å². The molecule has 222 valence electrons. The Labute approximate surface area is 219 Å². The van der Waals surface area contributed by atoms with Crippen LogP contribution in [0.2, 0.25) is 0 Å². The van der Waals surface area contributed by atoms with Gasteiger partial charge in [-0.05, 0) is 25.3 Å². The number of rotatable bonds is 11. The van der Waals surface area contributed by atoms with Gasteiger partial charge in [0.05, 0.1) is 18.8 Å². The summed E-state index contributed by atoms with van der Waals surface area (Å²) in [6.07, 6.45) is -16.5. The van der Waals surface area contributed by atoms with Gasteiger partial charge in [0.2, 0.25) is 0 Å². The van der Waals surface area contributed by atoms with Crippen LogP contribution >= 0.6 is 0 Å². The molecule has 1 aliphatic carbocycles. The summed E-state index contributed by atoms with van der Waals surface area (Å²) in [6.45, 7) is -0.700. The summed E-state index contributed by atoms with van der Waals surface area (Å²) in [7, 11) is 0. The summed E-state index contributed by atoms with van der Waals surface area (Å²) in [5, 5.41) is 71.8. The highest BCUT2D eigenvalue weighted by Gasteiger charge is 2.52. The number of hydrogen-bond donors (Lipinski definition) is 11. The lowest BCUT2D eigenvalue weighted by Gasteiger charge is -2.47. The van der Waals surface area contributed by atoms with Crippen LogP contribution in [-0.4, -0.2) is 147 Å². The molecule has 2 aliphatic heterocycles. The van der Waals surface area contributed by atoms with Crippen molar-refractivity contribution in [3.63, 3.8) is 0 Å². The molecule has 0 aromatic carbocycles. The molecule has 3 rings (SSSR count). The normalized spacial score (nSPS) is 46.7. The highest BCUT2D eigenvalue weighted by atomic mass is 16.7. The predicted octanol–water partition coefficient (Wildman–Crippen LogP) is -6.69. The van der Waals surface area contributed by atoms with Gasteiger partial charge in [-0.15, -0.1) is 0 Å². The molecular weight excluding hydrogens is 512 g/mol. The van der Waals surface area contributed by atoms with Gasteiger partial charge in [-0.2, -0.15) is 0 Å². The highest BCUT2D eigenvalue weighted by molar-refractivity contribution is 5.83. The van der Waals surface area contributed by atoms with Crippen LogP contribution in [0.25, 0.3) is 0 Å². The fourth-order valence-electron chi connectivity index (χ4n) is 5.14. The number of aliphatic hydroxyl groups excluding tert-OH is 7. The van der Waals surface area contributed by atoms with Crippen molar-refractivity contribution in [1.29, 1.82) is 0 Å². The minimum Gasteiger partial charge on any atom is -0.394 e. The Morgan fingerprint density at radius 2 is 1.47 bits per heavy atom. The molecular formula is C22H42N4O12. The molecule has 2 saturated heterocycles. The number of nitrogens with two attached hydrogens (primary N) is 4.